The molecule has 9 heavy (non-hydrogen) atoms. The van der Waals surface area contributed by atoms with E-state index in [0.717, 1.165) is 0 Å². The molecule has 2 nitrogen and oxygen atoms in total. The fraction of sp³-hybridized carbons (Fsp3) is 0.667. The summed E-state index contributed by atoms with van der Waals surface area (Å²) in [4.78, 5) is 0. The largest absolute Gasteiger partial charge is 0.394 e. The molecule has 0 aromatic carbocycles. The van der Waals surface area contributed by atoms with Crippen LogP contribution >= 0.6 is 11.6 Å². The molecule has 0 amide bonds. The van der Waals surface area contributed by atoms with Crippen molar-refractivity contribution >= 4 is 11.6 Å². The predicted octanol–water partition coefficient (Wildman–Crippen LogP) is 0.789. The van der Waals surface area contributed by atoms with E-state index in [-0.39, 0.29) is 12.7 Å². The van der Waals surface area contributed by atoms with Gasteiger partial charge in [0.25, 0.3) is 0 Å². The lowest BCUT2D eigenvalue weighted by Crippen LogP contribution is -2.19. The topological polar surface area (TPSA) is 29.5 Å². The second-order valence-corrected chi connectivity index (χ2v) is 1.89. The molecule has 0 rings (SSSR count). The first kappa shape index (κ1) is 8.95. The lowest BCUT2D eigenvalue weighted by molar-refractivity contribution is 0.0435. The lowest BCUT2D eigenvalue weighted by Gasteiger charge is -2.08. The summed E-state index contributed by atoms with van der Waals surface area (Å²) in [7, 11) is 0. The van der Waals surface area contributed by atoms with Gasteiger partial charge in [-0.05, 0) is 0 Å². The Hall–Kier alpha value is -0.0500. The van der Waals surface area contributed by atoms with Gasteiger partial charge in [-0.15, -0.1) is 18.2 Å². The quantitative estimate of drug-likeness (QED) is 0.464. The molecule has 0 saturated carbocycles. The van der Waals surface area contributed by atoms with Crippen LogP contribution in [0.5, 0.6) is 0 Å². The molecule has 1 unspecified atom stereocenters. The van der Waals surface area contributed by atoms with Crippen molar-refractivity contribution in [1.82, 2.24) is 0 Å². The zero-order chi connectivity index (χ0) is 7.11. The molecule has 0 heterocycles. The minimum Gasteiger partial charge on any atom is -0.394 e. The van der Waals surface area contributed by atoms with Crippen molar-refractivity contribution in [3.8, 4) is 0 Å². The van der Waals surface area contributed by atoms with Crippen LogP contribution in [0.3, 0.4) is 0 Å². The molecule has 0 fully saturated rings. The van der Waals surface area contributed by atoms with Crippen molar-refractivity contribution in [2.45, 2.75) is 6.10 Å². The fourth-order valence-corrected chi connectivity index (χ4v) is 0.537. The van der Waals surface area contributed by atoms with Gasteiger partial charge in [0, 0.05) is 0 Å². The van der Waals surface area contributed by atoms with Gasteiger partial charge in [0.15, 0.2) is 0 Å². The van der Waals surface area contributed by atoms with Gasteiger partial charge in [0.2, 0.25) is 0 Å². The summed E-state index contributed by atoms with van der Waals surface area (Å²) in [6.45, 7) is 3.86. The van der Waals surface area contributed by atoms with Crippen LogP contribution in [-0.4, -0.2) is 30.3 Å². The van der Waals surface area contributed by atoms with Crippen molar-refractivity contribution in [3.05, 3.63) is 12.7 Å². The molecule has 0 aromatic rings. The third kappa shape index (κ3) is 4.45. The molecular formula is C6H11ClO2. The number of aliphatic hydroxyl groups excluding tert-OH is 1. The number of aliphatic hydroxyl groups is 1. The van der Waals surface area contributed by atoms with E-state index in [1.165, 1.54) is 0 Å². The molecule has 1 atom stereocenters. The Morgan fingerprint density at radius 3 is 2.78 bits per heavy atom. The monoisotopic (exact) mass is 150 g/mol. The van der Waals surface area contributed by atoms with E-state index < -0.39 is 0 Å². The van der Waals surface area contributed by atoms with Gasteiger partial charge in [-0.3, -0.25) is 0 Å². The average molecular weight is 151 g/mol. The van der Waals surface area contributed by atoms with E-state index in [2.05, 4.69) is 6.58 Å². The van der Waals surface area contributed by atoms with Crippen LogP contribution < -0.4 is 0 Å². The van der Waals surface area contributed by atoms with Gasteiger partial charge in [-0.25, -0.2) is 0 Å². The molecule has 0 aliphatic heterocycles. The highest BCUT2D eigenvalue weighted by Crippen LogP contribution is 1.93. The summed E-state index contributed by atoms with van der Waals surface area (Å²) in [5.41, 5.74) is 0. The van der Waals surface area contributed by atoms with Crippen LogP contribution in [0.15, 0.2) is 12.7 Å². The molecule has 0 spiro atoms. The minimum absolute atomic E-state index is 0.0304. The smallest absolute Gasteiger partial charge is 0.0944 e. The number of hydrogen-bond acceptors (Lipinski definition) is 2. The molecule has 0 aromatic heterocycles. The Morgan fingerprint density at radius 2 is 2.44 bits per heavy atom. The summed E-state index contributed by atoms with van der Waals surface area (Å²) in [5.74, 6) is 0.324. The Labute approximate surface area is 60.1 Å². The molecule has 54 valence electrons. The van der Waals surface area contributed by atoms with Gasteiger partial charge in [0.1, 0.15) is 0 Å². The molecule has 3 heteroatoms. The van der Waals surface area contributed by atoms with Crippen LogP contribution in [0, 0.1) is 0 Å². The van der Waals surface area contributed by atoms with Gasteiger partial charge in [-0.1, -0.05) is 6.08 Å². The summed E-state index contributed by atoms with van der Waals surface area (Å²) in [6.07, 6.45) is 1.37. The first-order chi connectivity index (χ1) is 4.35. The molecule has 1 N–H and O–H groups in total. The standard InChI is InChI=1S/C6H11ClO2/c1-2-3-9-6(4-7)5-8/h2,6,8H,1,3-5H2. The number of halogens is 1. The van der Waals surface area contributed by atoms with Gasteiger partial charge >= 0.3 is 0 Å². The first-order valence-corrected chi connectivity index (χ1v) is 3.28. The van der Waals surface area contributed by atoms with Crippen molar-refractivity contribution in [2.75, 3.05) is 19.1 Å². The van der Waals surface area contributed by atoms with Crippen LogP contribution in [0.1, 0.15) is 0 Å². The second-order valence-electron chi connectivity index (χ2n) is 1.58. The molecule has 0 radical (unpaired) electrons. The molecule has 0 bridgehead atoms. The average Bonchev–Trinajstić information content (AvgIpc) is 1.91. The Balaban J connectivity index is 3.19. The molecule has 0 aliphatic rings. The SMILES string of the molecule is C=CCOC(CO)CCl. The third-order valence-corrected chi connectivity index (χ3v) is 1.17. The van der Waals surface area contributed by atoms with Crippen LogP contribution in [0.25, 0.3) is 0 Å². The van der Waals surface area contributed by atoms with Crippen molar-refractivity contribution in [1.29, 1.82) is 0 Å². The number of hydrogen-bond donors (Lipinski definition) is 1. The van der Waals surface area contributed by atoms with Gasteiger partial charge < -0.3 is 9.84 Å². The molecular weight excluding hydrogens is 140 g/mol. The zero-order valence-corrected chi connectivity index (χ0v) is 5.97. The van der Waals surface area contributed by atoms with Gasteiger partial charge in [-0.2, -0.15) is 0 Å². The summed E-state index contributed by atoms with van der Waals surface area (Å²) < 4.78 is 4.99. The summed E-state index contributed by atoms with van der Waals surface area (Å²) >= 11 is 5.38. The molecule has 0 saturated heterocycles. The predicted molar refractivity (Wildman–Crippen MR) is 37.7 cm³/mol. The maximum Gasteiger partial charge on any atom is 0.0944 e. The van der Waals surface area contributed by atoms with Crippen LogP contribution in [0.4, 0.5) is 0 Å². The van der Waals surface area contributed by atoms with Crippen LogP contribution in [-0.2, 0) is 4.74 Å². The summed E-state index contributed by atoms with van der Waals surface area (Å²) in [6, 6.07) is 0. The van der Waals surface area contributed by atoms with E-state index >= 15 is 0 Å². The number of ether oxygens (including phenoxy) is 1. The highest BCUT2D eigenvalue weighted by molar-refractivity contribution is 6.18. The maximum absolute atomic E-state index is 8.51. The zero-order valence-electron chi connectivity index (χ0n) is 5.22. The van der Waals surface area contributed by atoms with Crippen molar-refractivity contribution in [3.63, 3.8) is 0 Å². The second kappa shape index (κ2) is 6.08. The van der Waals surface area contributed by atoms with E-state index in [4.69, 9.17) is 21.4 Å². The summed E-state index contributed by atoms with van der Waals surface area (Å²) in [5, 5.41) is 8.51. The fourth-order valence-electron chi connectivity index (χ4n) is 0.350. The third-order valence-electron chi connectivity index (χ3n) is 0.826. The highest BCUT2D eigenvalue weighted by Gasteiger charge is 2.02. The van der Waals surface area contributed by atoms with Crippen molar-refractivity contribution in [2.24, 2.45) is 0 Å². The Kier molecular flexibility index (Phi) is 6.04. The molecule has 0 aliphatic carbocycles. The van der Waals surface area contributed by atoms with E-state index in [1.807, 2.05) is 0 Å². The normalized spacial score (nSPS) is 13.1. The lowest BCUT2D eigenvalue weighted by atomic mass is 10.4. The number of alkyl halides is 1. The number of rotatable bonds is 5. The van der Waals surface area contributed by atoms with Crippen LogP contribution in [0.2, 0.25) is 0 Å². The Morgan fingerprint density at radius 1 is 1.78 bits per heavy atom. The highest BCUT2D eigenvalue weighted by atomic mass is 35.5. The van der Waals surface area contributed by atoms with Crippen molar-refractivity contribution < 1.29 is 9.84 Å². The van der Waals surface area contributed by atoms with E-state index in [0.29, 0.717) is 12.5 Å². The maximum atomic E-state index is 8.51. The van der Waals surface area contributed by atoms with E-state index in [1.54, 1.807) is 6.08 Å². The first-order valence-electron chi connectivity index (χ1n) is 2.74. The Bertz CT molecular complexity index is 71.5. The van der Waals surface area contributed by atoms with Gasteiger partial charge in [0.05, 0.1) is 25.2 Å². The van der Waals surface area contributed by atoms with E-state index in [9.17, 15) is 0 Å². The minimum atomic E-state index is -0.246.